The number of nitrogens with one attached hydrogen (secondary N) is 2. The molecule has 0 aliphatic carbocycles. The number of hydrogen-bond donors (Lipinski definition) is 2. The summed E-state index contributed by atoms with van der Waals surface area (Å²) in [5.74, 6) is -0.583. The number of hydrogen-bond acceptors (Lipinski definition) is 4. The normalized spacial score (nSPS) is 21.2. The summed E-state index contributed by atoms with van der Waals surface area (Å²) in [5.41, 5.74) is 0. The fourth-order valence-electron chi connectivity index (χ4n) is 2.07. The van der Waals surface area contributed by atoms with E-state index in [1.165, 1.54) is 4.90 Å². The molecule has 0 aromatic carbocycles. The van der Waals surface area contributed by atoms with Gasteiger partial charge in [0, 0.05) is 13.5 Å². The Morgan fingerprint density at radius 2 is 1.65 bits per heavy atom. The molecule has 1 aliphatic heterocycles. The number of guanidine groups is 1. The molecule has 6 nitrogen and oxygen atoms in total. The predicted molar refractivity (Wildman–Crippen MR) is 76.4 cm³/mol. The van der Waals surface area contributed by atoms with E-state index >= 15 is 0 Å². The summed E-state index contributed by atoms with van der Waals surface area (Å²) >= 11 is 0. The van der Waals surface area contributed by atoms with Gasteiger partial charge in [0.2, 0.25) is 5.91 Å². The van der Waals surface area contributed by atoms with Gasteiger partial charge in [-0.25, -0.2) is 0 Å². The highest BCUT2D eigenvalue weighted by atomic mass is 16.5. The van der Waals surface area contributed by atoms with Crippen molar-refractivity contribution in [1.29, 1.82) is 5.41 Å². The van der Waals surface area contributed by atoms with Gasteiger partial charge in [0.1, 0.15) is 6.54 Å². The van der Waals surface area contributed by atoms with E-state index in [9.17, 15) is 9.59 Å². The Morgan fingerprint density at radius 1 is 1.05 bits per heavy atom. The van der Waals surface area contributed by atoms with Crippen molar-refractivity contribution in [3.63, 3.8) is 0 Å². The zero-order valence-corrected chi connectivity index (χ0v) is 12.2. The van der Waals surface area contributed by atoms with Crippen LogP contribution in [0.1, 0.15) is 51.4 Å². The van der Waals surface area contributed by atoms with Gasteiger partial charge in [0.25, 0.3) is 0 Å². The first-order chi connectivity index (χ1) is 9.59. The topological polar surface area (TPSA) is 82.5 Å². The highest BCUT2D eigenvalue weighted by Gasteiger charge is 2.13. The summed E-state index contributed by atoms with van der Waals surface area (Å²) in [6, 6.07) is 0. The van der Waals surface area contributed by atoms with E-state index in [1.807, 2.05) is 0 Å². The molecule has 20 heavy (non-hydrogen) atoms. The number of carbonyl (C=O) groups is 2. The minimum absolute atomic E-state index is 0.0148. The second kappa shape index (κ2) is 9.34. The van der Waals surface area contributed by atoms with E-state index in [-0.39, 0.29) is 24.4 Å². The maximum absolute atomic E-state index is 11.6. The van der Waals surface area contributed by atoms with Crippen molar-refractivity contribution in [3.05, 3.63) is 0 Å². The summed E-state index contributed by atoms with van der Waals surface area (Å²) in [6.07, 6.45) is 7.73. The third kappa shape index (κ3) is 7.11. The number of ether oxygens (including phenoxy) is 1. The van der Waals surface area contributed by atoms with Gasteiger partial charge in [0.15, 0.2) is 5.96 Å². The average Bonchev–Trinajstić information content (AvgIpc) is 2.39. The smallest absolute Gasteiger partial charge is 0.325 e. The molecule has 0 bridgehead atoms. The van der Waals surface area contributed by atoms with Gasteiger partial charge >= 0.3 is 5.97 Å². The maximum Gasteiger partial charge on any atom is 0.325 e. The molecule has 1 fully saturated rings. The van der Waals surface area contributed by atoms with Crippen molar-refractivity contribution in [3.8, 4) is 0 Å². The van der Waals surface area contributed by atoms with E-state index in [4.69, 9.17) is 10.1 Å². The van der Waals surface area contributed by atoms with Crippen LogP contribution < -0.4 is 5.32 Å². The molecule has 0 saturated carbocycles. The Morgan fingerprint density at radius 3 is 2.35 bits per heavy atom. The van der Waals surface area contributed by atoms with E-state index in [2.05, 4.69) is 5.32 Å². The molecule has 1 heterocycles. The first-order valence-electron chi connectivity index (χ1n) is 7.35. The number of rotatable bonds is 0. The highest BCUT2D eigenvalue weighted by Crippen LogP contribution is 2.09. The Labute approximate surface area is 120 Å². The van der Waals surface area contributed by atoms with Crippen LogP contribution in [0.15, 0.2) is 0 Å². The molecule has 1 amide bonds. The van der Waals surface area contributed by atoms with Crippen LogP contribution in [0.25, 0.3) is 0 Å². The lowest BCUT2D eigenvalue weighted by molar-refractivity contribution is -0.144. The lowest BCUT2D eigenvalue weighted by Crippen LogP contribution is -2.43. The van der Waals surface area contributed by atoms with Gasteiger partial charge in [0.05, 0.1) is 6.61 Å². The van der Waals surface area contributed by atoms with Crippen LogP contribution in [0, 0.1) is 5.41 Å². The molecule has 1 aliphatic rings. The standard InChI is InChI=1S/C14H25N3O3/c1-17-11-13(19)20-10-8-6-4-2-3-5-7-9-12(18)16-14(17)15/h2-11H2,1H3,(H2,15,16,18). The largest absolute Gasteiger partial charge is 0.464 e. The number of carbonyl (C=O) groups excluding carboxylic acids is 2. The van der Waals surface area contributed by atoms with Gasteiger partial charge in [-0.3, -0.25) is 20.3 Å². The summed E-state index contributed by atoms with van der Waals surface area (Å²) < 4.78 is 5.10. The maximum atomic E-state index is 11.6. The zero-order valence-electron chi connectivity index (χ0n) is 12.2. The van der Waals surface area contributed by atoms with Crippen molar-refractivity contribution in [1.82, 2.24) is 10.2 Å². The number of amides is 1. The molecule has 1 rings (SSSR count). The van der Waals surface area contributed by atoms with Crippen LogP contribution >= 0.6 is 0 Å². The van der Waals surface area contributed by atoms with Crippen molar-refractivity contribution < 1.29 is 14.3 Å². The Balaban J connectivity index is 2.45. The fraction of sp³-hybridized carbons (Fsp3) is 0.786. The number of nitrogens with zero attached hydrogens (tertiary/aromatic N) is 1. The minimum atomic E-state index is -0.362. The lowest BCUT2D eigenvalue weighted by atomic mass is 10.1. The van der Waals surface area contributed by atoms with Crippen molar-refractivity contribution in [2.45, 2.75) is 51.4 Å². The zero-order chi connectivity index (χ0) is 14.8. The SMILES string of the molecule is CN1CC(=O)OCCCCCCCCCC(=O)NC1=N. The Bertz CT molecular complexity index is 345. The Kier molecular flexibility index (Phi) is 7.69. The second-order valence-electron chi connectivity index (χ2n) is 5.20. The molecule has 6 heteroatoms. The van der Waals surface area contributed by atoms with Crippen LogP contribution in [0.2, 0.25) is 0 Å². The van der Waals surface area contributed by atoms with Crippen LogP contribution in [-0.2, 0) is 14.3 Å². The Hall–Kier alpha value is -1.59. The van der Waals surface area contributed by atoms with Crippen LogP contribution in [0.4, 0.5) is 0 Å². The van der Waals surface area contributed by atoms with Crippen molar-refractivity contribution in [2.75, 3.05) is 20.2 Å². The quantitative estimate of drug-likeness (QED) is 0.662. The van der Waals surface area contributed by atoms with E-state index in [1.54, 1.807) is 7.05 Å². The molecular weight excluding hydrogens is 258 g/mol. The molecule has 0 unspecified atom stereocenters. The predicted octanol–water partition coefficient (Wildman–Crippen LogP) is 1.65. The van der Waals surface area contributed by atoms with Gasteiger partial charge in [-0.05, 0) is 12.8 Å². The third-order valence-electron chi connectivity index (χ3n) is 3.32. The monoisotopic (exact) mass is 283 g/mol. The molecule has 114 valence electrons. The number of esters is 1. The fourth-order valence-corrected chi connectivity index (χ4v) is 2.07. The van der Waals surface area contributed by atoms with E-state index in [0.717, 1.165) is 44.9 Å². The molecule has 0 atom stereocenters. The van der Waals surface area contributed by atoms with Crippen LogP contribution in [0.3, 0.4) is 0 Å². The molecular formula is C14H25N3O3. The first kappa shape index (κ1) is 16.5. The molecule has 0 radical (unpaired) electrons. The van der Waals surface area contributed by atoms with Gasteiger partial charge in [-0.1, -0.05) is 32.1 Å². The molecule has 0 spiro atoms. The van der Waals surface area contributed by atoms with E-state index < -0.39 is 0 Å². The highest BCUT2D eigenvalue weighted by molar-refractivity contribution is 5.96. The number of likely N-dealkylation sites (N-methyl/N-ethyl adjacent to an activating group) is 1. The van der Waals surface area contributed by atoms with Gasteiger partial charge < -0.3 is 9.64 Å². The average molecular weight is 283 g/mol. The summed E-state index contributed by atoms with van der Waals surface area (Å²) in [5, 5.41) is 10.2. The first-order valence-corrected chi connectivity index (χ1v) is 7.35. The van der Waals surface area contributed by atoms with E-state index in [0.29, 0.717) is 13.0 Å². The van der Waals surface area contributed by atoms with Gasteiger partial charge in [-0.2, -0.15) is 0 Å². The number of cyclic esters (lactones) is 1. The second-order valence-corrected chi connectivity index (χ2v) is 5.20. The van der Waals surface area contributed by atoms with Crippen molar-refractivity contribution in [2.24, 2.45) is 0 Å². The van der Waals surface area contributed by atoms with Crippen LogP contribution in [-0.4, -0.2) is 42.9 Å². The molecule has 0 aromatic rings. The summed E-state index contributed by atoms with van der Waals surface area (Å²) in [7, 11) is 1.59. The third-order valence-corrected chi connectivity index (χ3v) is 3.32. The van der Waals surface area contributed by atoms with Crippen molar-refractivity contribution >= 4 is 17.8 Å². The summed E-state index contributed by atoms with van der Waals surface area (Å²) in [6.45, 7) is 0.422. The molecule has 1 saturated heterocycles. The lowest BCUT2D eigenvalue weighted by Gasteiger charge is -2.19. The minimum Gasteiger partial charge on any atom is -0.464 e. The molecule has 0 aromatic heterocycles. The summed E-state index contributed by atoms with van der Waals surface area (Å²) in [4.78, 5) is 24.5. The molecule has 2 N–H and O–H groups in total. The van der Waals surface area contributed by atoms with Crippen LogP contribution in [0.5, 0.6) is 0 Å². The van der Waals surface area contributed by atoms with Gasteiger partial charge in [-0.15, -0.1) is 0 Å².